The quantitative estimate of drug-likeness (QED) is 0.724. The molecule has 1 N–H and O–H groups in total. The van der Waals surface area contributed by atoms with Crippen LogP contribution in [0.25, 0.3) is 0 Å². The van der Waals surface area contributed by atoms with Gasteiger partial charge in [-0.2, -0.15) is 9.29 Å². The molecule has 3 rings (SSSR count). The summed E-state index contributed by atoms with van der Waals surface area (Å²) in [5.41, 5.74) is -0.117. The highest BCUT2D eigenvalue weighted by atomic mass is 32.2. The lowest BCUT2D eigenvalue weighted by Gasteiger charge is -2.33. The van der Waals surface area contributed by atoms with E-state index < -0.39 is 16.0 Å². The number of sulfonamides is 1. The van der Waals surface area contributed by atoms with Crippen molar-refractivity contribution in [2.24, 2.45) is 0 Å². The summed E-state index contributed by atoms with van der Waals surface area (Å²) in [6.07, 6.45) is 1.31. The summed E-state index contributed by atoms with van der Waals surface area (Å²) in [6, 6.07) is 2.53. The van der Waals surface area contributed by atoms with E-state index in [1.165, 1.54) is 16.4 Å². The van der Waals surface area contributed by atoms with E-state index in [1.807, 2.05) is 14.0 Å². The molecule has 9 nitrogen and oxygen atoms in total. The largest absolute Gasteiger partial charge is 0.477 e. The number of aromatic carboxylic acids is 1. The van der Waals surface area contributed by atoms with Gasteiger partial charge in [0, 0.05) is 39.3 Å². The van der Waals surface area contributed by atoms with Crippen molar-refractivity contribution in [1.82, 2.24) is 19.1 Å². The van der Waals surface area contributed by atoms with Crippen LogP contribution in [0, 0.1) is 0 Å². The van der Waals surface area contributed by atoms with Gasteiger partial charge in [-0.3, -0.25) is 0 Å². The summed E-state index contributed by atoms with van der Waals surface area (Å²) in [5.74, 6) is -1.30. The van der Waals surface area contributed by atoms with Crippen LogP contribution in [-0.2, 0) is 10.0 Å². The Kier molecular flexibility index (Phi) is 6.54. The third kappa shape index (κ3) is 4.62. The van der Waals surface area contributed by atoms with E-state index in [1.54, 1.807) is 0 Å². The smallest absolute Gasteiger partial charge is 0.341 e. The first-order chi connectivity index (χ1) is 13.3. The highest BCUT2D eigenvalue weighted by Gasteiger charge is 2.31. The van der Waals surface area contributed by atoms with E-state index in [0.717, 1.165) is 32.5 Å². The Bertz CT molecular complexity index is 800. The van der Waals surface area contributed by atoms with Gasteiger partial charge >= 0.3 is 5.97 Å². The first-order valence-corrected chi connectivity index (χ1v) is 11.1. The number of ether oxygens (including phenoxy) is 1. The predicted octanol–water partition coefficient (Wildman–Crippen LogP) is 0.579. The summed E-state index contributed by atoms with van der Waals surface area (Å²) in [6.45, 7) is 6.73. The fourth-order valence-corrected chi connectivity index (χ4v) is 4.85. The van der Waals surface area contributed by atoms with E-state index in [0.29, 0.717) is 26.2 Å². The maximum atomic E-state index is 13.0. The first kappa shape index (κ1) is 21.0. The van der Waals surface area contributed by atoms with Crippen molar-refractivity contribution in [2.75, 3.05) is 52.9 Å². The number of carbonyl (C=O) groups is 1. The average molecular weight is 413 g/mol. The van der Waals surface area contributed by atoms with Crippen LogP contribution in [0.4, 0.5) is 0 Å². The fourth-order valence-electron chi connectivity index (χ4n) is 3.50. The number of rotatable bonds is 6. The molecule has 2 saturated heterocycles. The molecule has 0 aliphatic carbocycles. The minimum absolute atomic E-state index is 0.115. The molecular weight excluding hydrogens is 384 g/mol. The summed E-state index contributed by atoms with van der Waals surface area (Å²) < 4.78 is 33.2. The number of pyridine rings is 1. The molecule has 2 aliphatic rings. The molecule has 10 heteroatoms. The van der Waals surface area contributed by atoms with Gasteiger partial charge in [0.25, 0.3) is 10.0 Å². The molecular formula is C18H28N4O5S. The molecule has 0 amide bonds. The van der Waals surface area contributed by atoms with Crippen LogP contribution >= 0.6 is 0 Å². The lowest BCUT2D eigenvalue weighted by atomic mass is 10.1. The fraction of sp³-hybridized carbons (Fsp3) is 0.667. The Hall–Kier alpha value is -1.75. The van der Waals surface area contributed by atoms with Crippen LogP contribution in [0.2, 0.25) is 0 Å². The lowest BCUT2D eigenvalue weighted by molar-refractivity contribution is 0.0676. The molecule has 2 fully saturated rings. The van der Waals surface area contributed by atoms with Gasteiger partial charge in [0.05, 0.1) is 0 Å². The topological polar surface area (TPSA) is 103 Å². The van der Waals surface area contributed by atoms with Gasteiger partial charge in [-0.25, -0.2) is 13.2 Å². The van der Waals surface area contributed by atoms with Crippen molar-refractivity contribution in [3.8, 4) is 5.88 Å². The molecule has 28 heavy (non-hydrogen) atoms. The van der Waals surface area contributed by atoms with E-state index in [9.17, 15) is 18.3 Å². The van der Waals surface area contributed by atoms with Gasteiger partial charge < -0.3 is 19.6 Å². The van der Waals surface area contributed by atoms with Crippen LogP contribution < -0.4 is 4.74 Å². The highest BCUT2D eigenvalue weighted by Crippen LogP contribution is 2.25. The normalized spacial score (nSPS) is 20.9. The lowest BCUT2D eigenvalue weighted by Crippen LogP contribution is -2.48. The molecule has 2 aliphatic heterocycles. The number of hydrogen-bond acceptors (Lipinski definition) is 7. The number of carboxylic acid groups (broad SMARTS) is 1. The van der Waals surface area contributed by atoms with Crippen molar-refractivity contribution in [3.63, 3.8) is 0 Å². The summed E-state index contributed by atoms with van der Waals surface area (Å²) in [4.78, 5) is 20.0. The van der Waals surface area contributed by atoms with Gasteiger partial charge in [-0.15, -0.1) is 0 Å². The number of hydrogen-bond donors (Lipinski definition) is 1. The van der Waals surface area contributed by atoms with E-state index in [4.69, 9.17) is 4.74 Å². The number of likely N-dealkylation sites (N-methyl/N-ethyl adjacent to an activating group) is 1. The van der Waals surface area contributed by atoms with Crippen LogP contribution in [0.15, 0.2) is 17.2 Å². The third-order valence-corrected chi connectivity index (χ3v) is 7.19. The molecule has 0 aromatic carbocycles. The first-order valence-electron chi connectivity index (χ1n) is 9.63. The standard InChI is InChI=1S/C18H28N4O5S/c1-3-21-10-12-22(13-11-21)28(25,26)16-5-4-15(18(23)24)17(19-16)27-14-6-8-20(2)9-7-14/h4-5,14H,3,6-13H2,1-2H3,(H,23,24). The molecule has 156 valence electrons. The molecule has 0 saturated carbocycles. The maximum Gasteiger partial charge on any atom is 0.341 e. The zero-order valence-corrected chi connectivity index (χ0v) is 17.2. The Morgan fingerprint density at radius 3 is 2.39 bits per heavy atom. The van der Waals surface area contributed by atoms with Crippen molar-refractivity contribution < 1.29 is 23.1 Å². The number of piperazine rings is 1. The molecule has 0 unspecified atom stereocenters. The Labute approximate surface area is 165 Å². The zero-order valence-electron chi connectivity index (χ0n) is 16.4. The maximum absolute atomic E-state index is 13.0. The Morgan fingerprint density at radius 2 is 1.82 bits per heavy atom. The van der Waals surface area contributed by atoms with Crippen LogP contribution in [0.3, 0.4) is 0 Å². The Balaban J connectivity index is 1.82. The summed E-state index contributed by atoms with van der Waals surface area (Å²) in [5, 5.41) is 9.28. The number of piperidine rings is 1. The summed E-state index contributed by atoms with van der Waals surface area (Å²) >= 11 is 0. The van der Waals surface area contributed by atoms with Crippen molar-refractivity contribution in [1.29, 1.82) is 0 Å². The second-order valence-electron chi connectivity index (χ2n) is 7.27. The van der Waals surface area contributed by atoms with Crippen molar-refractivity contribution >= 4 is 16.0 Å². The number of carboxylic acids is 1. The zero-order chi connectivity index (χ0) is 20.3. The molecule has 0 bridgehead atoms. The monoisotopic (exact) mass is 412 g/mol. The van der Waals surface area contributed by atoms with Crippen molar-refractivity contribution in [3.05, 3.63) is 17.7 Å². The van der Waals surface area contributed by atoms with Gasteiger partial charge in [0.2, 0.25) is 5.88 Å². The SMILES string of the molecule is CCN1CCN(S(=O)(=O)c2ccc(C(=O)O)c(OC3CCN(C)CC3)n2)CC1. The van der Waals surface area contributed by atoms with Crippen LogP contribution in [-0.4, -0.2) is 97.5 Å². The van der Waals surface area contributed by atoms with Gasteiger partial charge in [-0.05, 0) is 38.6 Å². The summed E-state index contributed by atoms with van der Waals surface area (Å²) in [7, 11) is -1.78. The molecule has 0 spiro atoms. The highest BCUT2D eigenvalue weighted by molar-refractivity contribution is 7.89. The van der Waals surface area contributed by atoms with E-state index in [-0.39, 0.29) is 22.6 Å². The third-order valence-electron chi connectivity index (χ3n) is 5.39. The minimum Gasteiger partial charge on any atom is -0.477 e. The number of likely N-dealkylation sites (tertiary alicyclic amines) is 1. The minimum atomic E-state index is -3.79. The molecule has 0 atom stereocenters. The predicted molar refractivity (Wildman–Crippen MR) is 103 cm³/mol. The van der Waals surface area contributed by atoms with Crippen LogP contribution in [0.1, 0.15) is 30.1 Å². The second kappa shape index (κ2) is 8.73. The van der Waals surface area contributed by atoms with Gasteiger partial charge in [0.1, 0.15) is 11.7 Å². The molecule has 1 aromatic rings. The van der Waals surface area contributed by atoms with Crippen molar-refractivity contribution in [2.45, 2.75) is 30.9 Å². The molecule has 3 heterocycles. The Morgan fingerprint density at radius 1 is 1.18 bits per heavy atom. The number of aromatic nitrogens is 1. The number of nitrogens with zero attached hydrogens (tertiary/aromatic N) is 4. The molecule has 1 aromatic heterocycles. The van der Waals surface area contributed by atoms with Gasteiger partial charge in [0.15, 0.2) is 5.03 Å². The second-order valence-corrected chi connectivity index (χ2v) is 9.15. The average Bonchev–Trinajstić information content (AvgIpc) is 2.69. The van der Waals surface area contributed by atoms with E-state index in [2.05, 4.69) is 14.8 Å². The molecule has 0 radical (unpaired) electrons. The van der Waals surface area contributed by atoms with E-state index >= 15 is 0 Å². The van der Waals surface area contributed by atoms with Gasteiger partial charge in [-0.1, -0.05) is 6.92 Å². The van der Waals surface area contributed by atoms with Crippen LogP contribution in [0.5, 0.6) is 5.88 Å².